The van der Waals surface area contributed by atoms with Gasteiger partial charge in [0.2, 0.25) is 0 Å². The molecule has 0 bridgehead atoms. The van der Waals surface area contributed by atoms with Crippen molar-refractivity contribution < 1.29 is 14.7 Å². The van der Waals surface area contributed by atoms with Crippen molar-refractivity contribution >= 4 is 28.6 Å². The molecule has 0 saturated heterocycles. The van der Waals surface area contributed by atoms with E-state index in [4.69, 9.17) is 5.73 Å². The highest BCUT2D eigenvalue weighted by atomic mass is 16.4. The van der Waals surface area contributed by atoms with Crippen LogP contribution in [0.3, 0.4) is 0 Å². The largest absolute Gasteiger partial charge is 0.479 e. The third-order valence-electron chi connectivity index (χ3n) is 4.13. The summed E-state index contributed by atoms with van der Waals surface area (Å²) in [5.74, 6) is -1.82. The first kappa shape index (κ1) is 15.8. The van der Waals surface area contributed by atoms with E-state index in [1.165, 1.54) is 6.20 Å². The molecule has 2 rings (SSSR count). The number of H-pyrrole nitrogens is 1. The minimum atomic E-state index is -1.20. The first-order chi connectivity index (χ1) is 10.3. The van der Waals surface area contributed by atoms with Crippen LogP contribution in [0, 0.1) is 5.92 Å². The van der Waals surface area contributed by atoms with Crippen molar-refractivity contribution in [1.29, 1.82) is 0 Å². The number of primary amides is 1. The zero-order valence-electron chi connectivity index (χ0n) is 12.8. The molecular formula is C15H20N4O3. The number of carbonyl (C=O) groups excluding carboxylic acids is 1. The summed E-state index contributed by atoms with van der Waals surface area (Å²) in [5, 5.41) is 13.4. The number of rotatable bonds is 6. The Kier molecular flexibility index (Phi) is 4.07. The van der Waals surface area contributed by atoms with Gasteiger partial charge in [-0.2, -0.15) is 0 Å². The Morgan fingerprint density at radius 1 is 1.50 bits per heavy atom. The number of anilines is 1. The van der Waals surface area contributed by atoms with Crippen LogP contribution in [0.15, 0.2) is 18.5 Å². The van der Waals surface area contributed by atoms with Gasteiger partial charge in [0.15, 0.2) is 0 Å². The predicted molar refractivity (Wildman–Crippen MR) is 83.7 cm³/mol. The van der Waals surface area contributed by atoms with Crippen molar-refractivity contribution in [3.63, 3.8) is 0 Å². The summed E-state index contributed by atoms with van der Waals surface area (Å²) >= 11 is 0. The van der Waals surface area contributed by atoms with Crippen LogP contribution in [-0.4, -0.2) is 32.5 Å². The lowest BCUT2D eigenvalue weighted by Gasteiger charge is -2.35. The Balaban J connectivity index is 2.67. The number of aromatic nitrogens is 2. The molecule has 0 unspecified atom stereocenters. The second-order valence-electron chi connectivity index (χ2n) is 5.56. The van der Waals surface area contributed by atoms with Crippen molar-refractivity contribution in [1.82, 2.24) is 9.97 Å². The van der Waals surface area contributed by atoms with E-state index < -0.39 is 17.4 Å². The van der Waals surface area contributed by atoms with Crippen LogP contribution in [0.5, 0.6) is 0 Å². The molecule has 0 saturated carbocycles. The Morgan fingerprint density at radius 2 is 2.18 bits per heavy atom. The van der Waals surface area contributed by atoms with Gasteiger partial charge in [-0.1, -0.05) is 20.8 Å². The highest BCUT2D eigenvalue weighted by molar-refractivity contribution is 6.07. The molecule has 2 aromatic rings. The maximum Gasteiger partial charge on any atom is 0.329 e. The number of carbonyl (C=O) groups is 2. The lowest BCUT2D eigenvalue weighted by atomic mass is 9.83. The molecule has 7 heteroatoms. The van der Waals surface area contributed by atoms with Gasteiger partial charge in [0.05, 0.1) is 11.3 Å². The molecule has 0 aromatic carbocycles. The molecule has 7 nitrogen and oxygen atoms in total. The van der Waals surface area contributed by atoms with E-state index in [-0.39, 0.29) is 11.5 Å². The number of amides is 1. The van der Waals surface area contributed by atoms with Crippen LogP contribution >= 0.6 is 0 Å². The van der Waals surface area contributed by atoms with Crippen LogP contribution in [0.25, 0.3) is 11.0 Å². The first-order valence-electron chi connectivity index (χ1n) is 7.11. The molecule has 2 aromatic heterocycles. The minimum absolute atomic E-state index is 0.173. The number of nitrogens with zero attached hydrogens (tertiary/aromatic N) is 1. The van der Waals surface area contributed by atoms with Crippen molar-refractivity contribution in [2.24, 2.45) is 11.7 Å². The molecule has 1 atom stereocenters. The molecule has 118 valence electrons. The minimum Gasteiger partial charge on any atom is -0.479 e. The second kappa shape index (κ2) is 5.67. The fourth-order valence-corrected chi connectivity index (χ4v) is 2.65. The fraction of sp³-hybridized carbons (Fsp3) is 0.400. The number of carboxylic acids is 1. The number of aliphatic carboxylic acids is 1. The molecule has 5 N–H and O–H groups in total. The average Bonchev–Trinajstić information content (AvgIpc) is 2.92. The smallest absolute Gasteiger partial charge is 0.329 e. The Bertz CT molecular complexity index is 723. The number of pyridine rings is 1. The fourth-order valence-electron chi connectivity index (χ4n) is 2.65. The van der Waals surface area contributed by atoms with Gasteiger partial charge in [0, 0.05) is 17.8 Å². The standard InChI is InChI=1S/C15H20N4O3/c1-4-15(8(2)3,14(21)22)19-11-9-5-6-17-13(9)18-7-10(11)12(16)20/h5-8H,4H2,1-3H3,(H2,16,20)(H,21,22)(H2,17,18,19)/t15-/m1/s1. The summed E-state index contributed by atoms with van der Waals surface area (Å²) in [5.41, 5.74) is 5.35. The zero-order valence-corrected chi connectivity index (χ0v) is 12.8. The summed E-state index contributed by atoms with van der Waals surface area (Å²) in [4.78, 5) is 30.6. The lowest BCUT2D eigenvalue weighted by molar-refractivity contribution is -0.144. The van der Waals surface area contributed by atoms with E-state index in [2.05, 4.69) is 15.3 Å². The Hall–Kier alpha value is -2.57. The summed E-state index contributed by atoms with van der Waals surface area (Å²) in [7, 11) is 0. The first-order valence-corrected chi connectivity index (χ1v) is 7.11. The highest BCUT2D eigenvalue weighted by Crippen LogP contribution is 2.33. The summed E-state index contributed by atoms with van der Waals surface area (Å²) in [6, 6.07) is 1.74. The Labute approximate surface area is 127 Å². The van der Waals surface area contributed by atoms with E-state index >= 15 is 0 Å². The molecule has 2 heterocycles. The van der Waals surface area contributed by atoms with Gasteiger partial charge in [0.25, 0.3) is 5.91 Å². The molecule has 0 radical (unpaired) electrons. The molecule has 0 aliphatic heterocycles. The van der Waals surface area contributed by atoms with Crippen molar-refractivity contribution in [3.05, 3.63) is 24.0 Å². The van der Waals surface area contributed by atoms with Gasteiger partial charge in [-0.3, -0.25) is 4.79 Å². The van der Waals surface area contributed by atoms with E-state index in [9.17, 15) is 14.7 Å². The molecule has 1 amide bonds. The normalized spacial score (nSPS) is 14.0. The van der Waals surface area contributed by atoms with E-state index in [1.54, 1.807) is 19.2 Å². The molecular weight excluding hydrogens is 284 g/mol. The number of carboxylic acid groups (broad SMARTS) is 1. The van der Waals surface area contributed by atoms with Gasteiger partial charge in [0.1, 0.15) is 11.2 Å². The van der Waals surface area contributed by atoms with Crippen molar-refractivity contribution in [2.45, 2.75) is 32.7 Å². The maximum atomic E-state index is 11.9. The maximum absolute atomic E-state index is 11.9. The number of aromatic amines is 1. The number of hydrogen-bond acceptors (Lipinski definition) is 4. The van der Waals surface area contributed by atoms with Gasteiger partial charge in [-0.15, -0.1) is 0 Å². The van der Waals surface area contributed by atoms with Crippen LogP contribution < -0.4 is 11.1 Å². The number of nitrogens with one attached hydrogen (secondary N) is 2. The van der Waals surface area contributed by atoms with Gasteiger partial charge in [-0.05, 0) is 18.4 Å². The van der Waals surface area contributed by atoms with Gasteiger partial charge >= 0.3 is 5.97 Å². The van der Waals surface area contributed by atoms with Crippen LogP contribution in [0.4, 0.5) is 5.69 Å². The van der Waals surface area contributed by atoms with Crippen LogP contribution in [0.1, 0.15) is 37.6 Å². The van der Waals surface area contributed by atoms with Crippen molar-refractivity contribution in [3.8, 4) is 0 Å². The van der Waals surface area contributed by atoms with Crippen LogP contribution in [0.2, 0.25) is 0 Å². The number of nitrogens with two attached hydrogens (primary N) is 1. The molecule has 0 fully saturated rings. The zero-order chi connectivity index (χ0) is 16.5. The van der Waals surface area contributed by atoms with Gasteiger partial charge < -0.3 is 21.1 Å². The summed E-state index contributed by atoms with van der Waals surface area (Å²) in [6.45, 7) is 5.44. The lowest BCUT2D eigenvalue weighted by Crippen LogP contribution is -2.50. The van der Waals surface area contributed by atoms with Gasteiger partial charge in [-0.25, -0.2) is 9.78 Å². The van der Waals surface area contributed by atoms with E-state index in [0.29, 0.717) is 23.1 Å². The highest BCUT2D eigenvalue weighted by Gasteiger charge is 2.41. The van der Waals surface area contributed by atoms with Crippen molar-refractivity contribution in [2.75, 3.05) is 5.32 Å². The number of hydrogen-bond donors (Lipinski definition) is 4. The molecule has 22 heavy (non-hydrogen) atoms. The SMILES string of the molecule is CC[C@](Nc1c(C(N)=O)cnc2[nH]ccc12)(C(=O)O)C(C)C. The van der Waals surface area contributed by atoms with E-state index in [0.717, 1.165) is 0 Å². The topological polar surface area (TPSA) is 121 Å². The quantitative estimate of drug-likeness (QED) is 0.650. The third kappa shape index (κ3) is 2.38. The summed E-state index contributed by atoms with van der Waals surface area (Å²) in [6.07, 6.45) is 3.38. The average molecular weight is 304 g/mol. The monoisotopic (exact) mass is 304 g/mol. The third-order valence-corrected chi connectivity index (χ3v) is 4.13. The second-order valence-corrected chi connectivity index (χ2v) is 5.56. The molecule has 0 spiro atoms. The summed E-state index contributed by atoms with van der Waals surface area (Å²) < 4.78 is 0. The van der Waals surface area contributed by atoms with Crippen LogP contribution in [-0.2, 0) is 4.79 Å². The molecule has 0 aliphatic rings. The number of fused-ring (bicyclic) bond motifs is 1. The van der Waals surface area contributed by atoms with E-state index in [1.807, 2.05) is 13.8 Å². The Morgan fingerprint density at radius 3 is 2.68 bits per heavy atom. The molecule has 0 aliphatic carbocycles. The predicted octanol–water partition coefficient (Wildman–Crippen LogP) is 1.96.